The van der Waals surface area contributed by atoms with Crippen LogP contribution in [0.2, 0.25) is 0 Å². The standard InChI is InChI=1S/C21H21FN2O2/c22-16-7-5-15(6-8-16)19-18-4-2-1-3-14(18)9-10-24(19)20-23-13-21(26-20)11-17(25)12-21/h1-8,17,19,25H,9-13H2. The number of ether oxygens (including phenoxy) is 1. The van der Waals surface area contributed by atoms with Gasteiger partial charge in [0.05, 0.1) is 18.7 Å². The van der Waals surface area contributed by atoms with E-state index in [-0.39, 0.29) is 23.6 Å². The molecule has 1 N–H and O–H groups in total. The zero-order chi connectivity index (χ0) is 17.7. The number of aliphatic imine (C=N–C) groups is 1. The van der Waals surface area contributed by atoms with Gasteiger partial charge in [0.15, 0.2) is 0 Å². The molecule has 2 heterocycles. The number of aliphatic hydroxyl groups excluding tert-OH is 1. The maximum Gasteiger partial charge on any atom is 0.288 e. The smallest absolute Gasteiger partial charge is 0.288 e. The van der Waals surface area contributed by atoms with Crippen LogP contribution in [0.1, 0.15) is 35.6 Å². The first-order valence-corrected chi connectivity index (χ1v) is 9.15. The Bertz CT molecular complexity index is 859. The summed E-state index contributed by atoms with van der Waals surface area (Å²) in [6.45, 7) is 1.41. The summed E-state index contributed by atoms with van der Waals surface area (Å²) in [5, 5.41) is 9.68. The van der Waals surface area contributed by atoms with Crippen LogP contribution in [0.5, 0.6) is 0 Å². The lowest BCUT2D eigenvalue weighted by Crippen LogP contribution is -2.51. The number of hydrogen-bond acceptors (Lipinski definition) is 4. The van der Waals surface area contributed by atoms with Gasteiger partial charge in [-0.25, -0.2) is 9.38 Å². The van der Waals surface area contributed by atoms with Crippen LogP contribution in [0.3, 0.4) is 0 Å². The fourth-order valence-electron chi connectivity index (χ4n) is 4.41. The van der Waals surface area contributed by atoms with Gasteiger partial charge in [-0.15, -0.1) is 0 Å². The number of fused-ring (bicyclic) bond motifs is 1. The third-order valence-electron chi connectivity index (χ3n) is 5.74. The van der Waals surface area contributed by atoms with Crippen LogP contribution in [0.15, 0.2) is 53.5 Å². The molecule has 5 rings (SSSR count). The van der Waals surface area contributed by atoms with E-state index < -0.39 is 0 Å². The van der Waals surface area contributed by atoms with E-state index in [1.165, 1.54) is 23.3 Å². The lowest BCUT2D eigenvalue weighted by atomic mass is 9.78. The first-order chi connectivity index (χ1) is 12.6. The molecule has 5 heteroatoms. The molecule has 1 unspecified atom stereocenters. The predicted molar refractivity (Wildman–Crippen MR) is 96.5 cm³/mol. The van der Waals surface area contributed by atoms with Crippen molar-refractivity contribution >= 4 is 6.02 Å². The molecule has 3 aliphatic rings. The summed E-state index contributed by atoms with van der Waals surface area (Å²) in [7, 11) is 0. The van der Waals surface area contributed by atoms with Gasteiger partial charge >= 0.3 is 0 Å². The number of rotatable bonds is 1. The van der Waals surface area contributed by atoms with E-state index in [1.54, 1.807) is 0 Å². The van der Waals surface area contributed by atoms with Crippen molar-refractivity contribution in [2.24, 2.45) is 4.99 Å². The molecule has 2 aliphatic heterocycles. The molecular formula is C21H21FN2O2. The van der Waals surface area contributed by atoms with E-state index in [1.807, 2.05) is 18.2 Å². The van der Waals surface area contributed by atoms with Crippen molar-refractivity contribution < 1.29 is 14.2 Å². The Morgan fingerprint density at radius 1 is 1.12 bits per heavy atom. The lowest BCUT2D eigenvalue weighted by Gasteiger charge is -2.43. The topological polar surface area (TPSA) is 45.1 Å². The summed E-state index contributed by atoms with van der Waals surface area (Å²) < 4.78 is 19.7. The molecule has 1 saturated carbocycles. The van der Waals surface area contributed by atoms with Gasteiger partial charge in [-0.05, 0) is 35.2 Å². The normalized spacial score (nSPS) is 29.8. The molecule has 1 fully saturated rings. The van der Waals surface area contributed by atoms with Gasteiger partial charge < -0.3 is 14.7 Å². The number of nitrogens with zero attached hydrogens (tertiary/aromatic N) is 2. The highest BCUT2D eigenvalue weighted by molar-refractivity contribution is 5.78. The molecule has 1 atom stereocenters. The fourth-order valence-corrected chi connectivity index (χ4v) is 4.41. The van der Waals surface area contributed by atoms with Gasteiger partial charge in [-0.3, -0.25) is 0 Å². The SMILES string of the molecule is OC1CC2(CN=C(N3CCc4ccccc4C3c3ccc(F)cc3)O2)C1. The molecule has 2 aromatic carbocycles. The van der Waals surface area contributed by atoms with Crippen LogP contribution in [-0.4, -0.2) is 40.8 Å². The Labute approximate surface area is 151 Å². The summed E-state index contributed by atoms with van der Waals surface area (Å²) in [5.41, 5.74) is 3.23. The van der Waals surface area contributed by atoms with Gasteiger partial charge in [0.1, 0.15) is 11.4 Å². The highest BCUT2D eigenvalue weighted by Gasteiger charge is 2.51. The first kappa shape index (κ1) is 15.8. The minimum absolute atomic E-state index is 0.0422. The van der Waals surface area contributed by atoms with Crippen LogP contribution in [-0.2, 0) is 11.2 Å². The predicted octanol–water partition coefficient (Wildman–Crippen LogP) is 3.05. The average Bonchev–Trinajstić information content (AvgIpc) is 3.06. The van der Waals surface area contributed by atoms with Crippen molar-refractivity contribution in [3.05, 3.63) is 71.0 Å². The van der Waals surface area contributed by atoms with Crippen molar-refractivity contribution in [1.82, 2.24) is 4.90 Å². The summed E-state index contributed by atoms with van der Waals surface area (Å²) in [6.07, 6.45) is 1.93. The lowest BCUT2D eigenvalue weighted by molar-refractivity contribution is -0.0908. The second-order valence-corrected chi connectivity index (χ2v) is 7.54. The zero-order valence-electron chi connectivity index (χ0n) is 14.4. The van der Waals surface area contributed by atoms with E-state index >= 15 is 0 Å². The molecule has 0 radical (unpaired) electrons. The number of hydrogen-bond donors (Lipinski definition) is 1. The fraction of sp³-hybridized carbons (Fsp3) is 0.381. The van der Waals surface area contributed by atoms with Gasteiger partial charge in [0.2, 0.25) is 0 Å². The molecule has 1 aliphatic carbocycles. The molecule has 0 saturated heterocycles. The molecule has 134 valence electrons. The highest BCUT2D eigenvalue weighted by Crippen LogP contribution is 2.42. The molecule has 1 spiro atoms. The van der Waals surface area contributed by atoms with Crippen LogP contribution in [0.4, 0.5) is 4.39 Å². The Kier molecular flexibility index (Phi) is 3.54. The number of benzene rings is 2. The summed E-state index contributed by atoms with van der Waals surface area (Å²) in [4.78, 5) is 6.86. The minimum Gasteiger partial charge on any atom is -0.456 e. The van der Waals surface area contributed by atoms with Gasteiger partial charge in [0.25, 0.3) is 6.02 Å². The van der Waals surface area contributed by atoms with Crippen molar-refractivity contribution in [2.45, 2.75) is 37.0 Å². The molecule has 4 nitrogen and oxygen atoms in total. The third-order valence-corrected chi connectivity index (χ3v) is 5.74. The van der Waals surface area contributed by atoms with E-state index in [4.69, 9.17) is 4.74 Å². The first-order valence-electron chi connectivity index (χ1n) is 9.15. The van der Waals surface area contributed by atoms with Crippen LogP contribution >= 0.6 is 0 Å². The van der Waals surface area contributed by atoms with Crippen molar-refractivity contribution in [3.8, 4) is 0 Å². The number of halogens is 1. The summed E-state index contributed by atoms with van der Waals surface area (Å²) in [5.74, 6) is -0.235. The summed E-state index contributed by atoms with van der Waals surface area (Å²) >= 11 is 0. The van der Waals surface area contributed by atoms with E-state index in [9.17, 15) is 9.50 Å². The van der Waals surface area contributed by atoms with E-state index in [0.717, 1.165) is 18.5 Å². The molecule has 0 aromatic heterocycles. The van der Waals surface area contributed by atoms with Crippen LogP contribution < -0.4 is 0 Å². The molecule has 0 amide bonds. The molecule has 26 heavy (non-hydrogen) atoms. The Morgan fingerprint density at radius 3 is 2.65 bits per heavy atom. The quantitative estimate of drug-likeness (QED) is 0.858. The highest BCUT2D eigenvalue weighted by atomic mass is 19.1. The monoisotopic (exact) mass is 352 g/mol. The zero-order valence-corrected chi connectivity index (χ0v) is 14.4. The maximum absolute atomic E-state index is 13.5. The Morgan fingerprint density at radius 2 is 1.88 bits per heavy atom. The number of amidine groups is 1. The Balaban J connectivity index is 1.51. The van der Waals surface area contributed by atoms with Gasteiger partial charge in [-0.2, -0.15) is 0 Å². The van der Waals surface area contributed by atoms with Crippen molar-refractivity contribution in [2.75, 3.05) is 13.1 Å². The van der Waals surface area contributed by atoms with E-state index in [0.29, 0.717) is 25.4 Å². The second kappa shape index (κ2) is 5.81. The Hall–Kier alpha value is -2.40. The molecule has 0 bridgehead atoms. The van der Waals surface area contributed by atoms with Gasteiger partial charge in [0, 0.05) is 19.4 Å². The molecule has 2 aromatic rings. The third kappa shape index (κ3) is 2.50. The molecular weight excluding hydrogens is 331 g/mol. The van der Waals surface area contributed by atoms with E-state index in [2.05, 4.69) is 28.1 Å². The van der Waals surface area contributed by atoms with Crippen LogP contribution in [0.25, 0.3) is 0 Å². The minimum atomic E-state index is -0.320. The maximum atomic E-state index is 13.5. The average molecular weight is 352 g/mol. The second-order valence-electron chi connectivity index (χ2n) is 7.54. The van der Waals surface area contributed by atoms with Crippen LogP contribution in [0, 0.1) is 5.82 Å². The number of aliphatic hydroxyl groups is 1. The van der Waals surface area contributed by atoms with Crippen molar-refractivity contribution in [3.63, 3.8) is 0 Å². The van der Waals surface area contributed by atoms with Crippen molar-refractivity contribution in [1.29, 1.82) is 0 Å². The van der Waals surface area contributed by atoms with Gasteiger partial charge in [-0.1, -0.05) is 36.4 Å². The summed E-state index contributed by atoms with van der Waals surface area (Å²) in [6, 6.07) is 15.7. The largest absolute Gasteiger partial charge is 0.456 e.